The third kappa shape index (κ3) is 7.75. The summed E-state index contributed by atoms with van der Waals surface area (Å²) in [5, 5.41) is 4.45. The molecule has 0 atom stereocenters. The molecule has 39 heavy (non-hydrogen) atoms. The van der Waals surface area contributed by atoms with Gasteiger partial charge >= 0.3 is 0 Å². The Kier molecular flexibility index (Phi) is 9.80. The highest BCUT2D eigenvalue weighted by Crippen LogP contribution is 2.36. The summed E-state index contributed by atoms with van der Waals surface area (Å²) in [4.78, 5) is 12.8. The molecule has 4 aromatic carbocycles. The summed E-state index contributed by atoms with van der Waals surface area (Å²) in [7, 11) is 1.53. The highest BCUT2D eigenvalue weighted by Gasteiger charge is 2.14. The Morgan fingerprint density at radius 2 is 1.49 bits per heavy atom. The van der Waals surface area contributed by atoms with Crippen molar-refractivity contribution in [3.8, 4) is 23.0 Å². The molecule has 0 saturated heterocycles. The lowest BCUT2D eigenvalue weighted by Crippen LogP contribution is -2.17. The van der Waals surface area contributed by atoms with Gasteiger partial charge in [0, 0.05) is 5.56 Å². The van der Waals surface area contributed by atoms with Crippen LogP contribution in [-0.4, -0.2) is 25.8 Å². The lowest BCUT2D eigenvalue weighted by Gasteiger charge is -2.13. The number of rotatable bonds is 12. The second-order valence-corrected chi connectivity index (χ2v) is 8.78. The number of ether oxygens (including phenoxy) is 4. The molecule has 0 bridgehead atoms. The van der Waals surface area contributed by atoms with Crippen LogP contribution >= 0.6 is 11.6 Å². The lowest BCUT2D eigenvalue weighted by atomic mass is 10.2. The van der Waals surface area contributed by atoms with Crippen LogP contribution in [0.4, 0.5) is 0 Å². The summed E-state index contributed by atoms with van der Waals surface area (Å²) >= 11 is 6.46. The van der Waals surface area contributed by atoms with Gasteiger partial charge in [0.1, 0.15) is 13.2 Å². The molecule has 0 radical (unpaired) electrons. The number of hydrazone groups is 1. The second-order valence-electron chi connectivity index (χ2n) is 8.38. The Hall–Kier alpha value is -4.49. The molecule has 0 spiro atoms. The van der Waals surface area contributed by atoms with Gasteiger partial charge in [-0.25, -0.2) is 5.43 Å². The fourth-order valence-corrected chi connectivity index (χ4v) is 3.96. The minimum absolute atomic E-state index is 0.347. The maximum absolute atomic E-state index is 12.8. The maximum atomic E-state index is 12.8. The highest BCUT2D eigenvalue weighted by atomic mass is 35.5. The standard InChI is InChI=1S/C31H29ClN2O5/c1-3-37-28-18-25(14-15-27(28)38-20-22-10-6-4-7-11-22)31(35)34-33-19-24-16-26(32)30(29(17-24)36-2)39-21-23-12-8-5-9-13-23/h4-19H,3,20-21H2,1-2H3,(H,34,35)/b33-19+. The first-order chi connectivity index (χ1) is 19.1. The molecule has 0 aliphatic carbocycles. The van der Waals surface area contributed by atoms with Crippen molar-refractivity contribution in [2.24, 2.45) is 5.10 Å². The van der Waals surface area contributed by atoms with Gasteiger partial charge in [-0.2, -0.15) is 5.10 Å². The van der Waals surface area contributed by atoms with Crippen LogP contribution in [0.15, 0.2) is 96.1 Å². The number of amides is 1. The molecule has 0 fully saturated rings. The van der Waals surface area contributed by atoms with E-state index in [1.165, 1.54) is 13.3 Å². The Labute approximate surface area is 232 Å². The van der Waals surface area contributed by atoms with E-state index in [0.717, 1.165) is 11.1 Å². The lowest BCUT2D eigenvalue weighted by molar-refractivity contribution is 0.0954. The Bertz CT molecular complexity index is 1410. The average molecular weight is 545 g/mol. The van der Waals surface area contributed by atoms with E-state index in [2.05, 4.69) is 10.5 Å². The van der Waals surface area contributed by atoms with E-state index in [0.29, 0.717) is 59.0 Å². The molecule has 0 unspecified atom stereocenters. The van der Waals surface area contributed by atoms with E-state index in [1.807, 2.05) is 67.6 Å². The van der Waals surface area contributed by atoms with Crippen molar-refractivity contribution < 1.29 is 23.7 Å². The molecule has 4 aromatic rings. The molecular weight excluding hydrogens is 516 g/mol. The highest BCUT2D eigenvalue weighted by molar-refractivity contribution is 6.32. The minimum atomic E-state index is -0.400. The van der Waals surface area contributed by atoms with Crippen molar-refractivity contribution in [3.05, 3.63) is 118 Å². The number of nitrogens with one attached hydrogen (secondary N) is 1. The zero-order chi connectivity index (χ0) is 27.5. The van der Waals surface area contributed by atoms with Gasteiger partial charge < -0.3 is 18.9 Å². The van der Waals surface area contributed by atoms with E-state index >= 15 is 0 Å². The molecule has 0 aromatic heterocycles. The van der Waals surface area contributed by atoms with E-state index in [4.69, 9.17) is 30.5 Å². The first kappa shape index (κ1) is 27.5. The quantitative estimate of drug-likeness (QED) is 0.159. The number of carbonyl (C=O) groups excluding carboxylic acids is 1. The van der Waals surface area contributed by atoms with Gasteiger partial charge in [-0.05, 0) is 53.9 Å². The van der Waals surface area contributed by atoms with Crippen LogP contribution in [0.3, 0.4) is 0 Å². The monoisotopic (exact) mass is 544 g/mol. The van der Waals surface area contributed by atoms with Crippen molar-refractivity contribution in [1.29, 1.82) is 0 Å². The van der Waals surface area contributed by atoms with Gasteiger partial charge in [0.15, 0.2) is 23.0 Å². The van der Waals surface area contributed by atoms with Gasteiger partial charge in [-0.15, -0.1) is 0 Å². The van der Waals surface area contributed by atoms with Crippen LogP contribution < -0.4 is 24.4 Å². The summed E-state index contributed by atoms with van der Waals surface area (Å²) in [6.45, 7) is 3.03. The third-order valence-electron chi connectivity index (χ3n) is 5.60. The topological polar surface area (TPSA) is 78.4 Å². The Morgan fingerprint density at radius 3 is 2.13 bits per heavy atom. The molecule has 0 heterocycles. The number of carbonyl (C=O) groups is 1. The SMILES string of the molecule is CCOc1cc(C(=O)N/N=C/c2cc(Cl)c(OCc3ccccc3)c(OC)c2)ccc1OCc1ccccc1. The maximum Gasteiger partial charge on any atom is 0.271 e. The van der Waals surface area contributed by atoms with Crippen LogP contribution in [0, 0.1) is 0 Å². The van der Waals surface area contributed by atoms with Gasteiger partial charge in [0.2, 0.25) is 0 Å². The number of hydrogen-bond acceptors (Lipinski definition) is 6. The van der Waals surface area contributed by atoms with Gasteiger partial charge in [0.25, 0.3) is 5.91 Å². The molecule has 0 aliphatic heterocycles. The second kappa shape index (κ2) is 13.9. The number of halogens is 1. The van der Waals surface area contributed by atoms with Crippen molar-refractivity contribution in [1.82, 2.24) is 5.43 Å². The first-order valence-corrected chi connectivity index (χ1v) is 12.8. The van der Waals surface area contributed by atoms with Crippen LogP contribution in [-0.2, 0) is 13.2 Å². The summed E-state index contributed by atoms with van der Waals surface area (Å²) in [6, 6.07) is 28.0. The number of nitrogens with zero attached hydrogens (tertiary/aromatic N) is 1. The van der Waals surface area contributed by atoms with Crippen LogP contribution in [0.25, 0.3) is 0 Å². The molecule has 200 valence electrons. The number of methoxy groups -OCH3 is 1. The van der Waals surface area contributed by atoms with Crippen LogP contribution in [0.5, 0.6) is 23.0 Å². The van der Waals surface area contributed by atoms with E-state index < -0.39 is 5.91 Å². The van der Waals surface area contributed by atoms with Crippen LogP contribution in [0.2, 0.25) is 5.02 Å². The molecule has 0 aliphatic rings. The Morgan fingerprint density at radius 1 is 0.821 bits per heavy atom. The van der Waals surface area contributed by atoms with Crippen molar-refractivity contribution in [3.63, 3.8) is 0 Å². The summed E-state index contributed by atoms with van der Waals surface area (Å²) < 4.78 is 23.0. The predicted octanol–water partition coefficient (Wildman–Crippen LogP) is 6.67. The molecule has 1 amide bonds. The van der Waals surface area contributed by atoms with Crippen molar-refractivity contribution >= 4 is 23.7 Å². The molecule has 4 rings (SSSR count). The van der Waals surface area contributed by atoms with Gasteiger partial charge in [-0.3, -0.25) is 4.79 Å². The minimum Gasteiger partial charge on any atom is -0.493 e. The first-order valence-electron chi connectivity index (χ1n) is 12.4. The molecule has 0 saturated carbocycles. The fraction of sp³-hybridized carbons (Fsp3) is 0.161. The molecule has 1 N–H and O–H groups in total. The van der Waals surface area contributed by atoms with E-state index in [9.17, 15) is 4.79 Å². The normalized spacial score (nSPS) is 10.7. The van der Waals surface area contributed by atoms with E-state index in [-0.39, 0.29) is 0 Å². The Balaban J connectivity index is 1.40. The van der Waals surface area contributed by atoms with Crippen molar-refractivity contribution in [2.75, 3.05) is 13.7 Å². The molecule has 7 nitrogen and oxygen atoms in total. The average Bonchev–Trinajstić information content (AvgIpc) is 2.97. The zero-order valence-corrected chi connectivity index (χ0v) is 22.5. The smallest absolute Gasteiger partial charge is 0.271 e. The fourth-order valence-electron chi connectivity index (χ4n) is 3.69. The van der Waals surface area contributed by atoms with Crippen LogP contribution in [0.1, 0.15) is 34.0 Å². The summed E-state index contributed by atoms with van der Waals surface area (Å²) in [6.07, 6.45) is 1.48. The molecule has 8 heteroatoms. The predicted molar refractivity (Wildman–Crippen MR) is 152 cm³/mol. The van der Waals surface area contributed by atoms with E-state index in [1.54, 1.807) is 30.3 Å². The third-order valence-corrected chi connectivity index (χ3v) is 5.88. The molecular formula is C31H29ClN2O5. The van der Waals surface area contributed by atoms with Gasteiger partial charge in [0.05, 0.1) is 25.0 Å². The summed E-state index contributed by atoms with van der Waals surface area (Å²) in [5.41, 5.74) is 5.58. The number of hydrogen-bond donors (Lipinski definition) is 1. The largest absolute Gasteiger partial charge is 0.493 e. The van der Waals surface area contributed by atoms with Gasteiger partial charge in [-0.1, -0.05) is 72.3 Å². The summed E-state index contributed by atoms with van der Waals surface area (Å²) in [5.74, 6) is 1.52. The van der Waals surface area contributed by atoms with Crippen molar-refractivity contribution in [2.45, 2.75) is 20.1 Å². The zero-order valence-electron chi connectivity index (χ0n) is 21.7. The number of benzene rings is 4.